The molecule has 2 rings (SSSR count). The van der Waals surface area contributed by atoms with E-state index in [1.165, 1.54) is 6.33 Å². The van der Waals surface area contributed by atoms with Crippen molar-refractivity contribution in [2.75, 3.05) is 0 Å². The molecule has 0 unspecified atom stereocenters. The number of imidazole rings is 1. The van der Waals surface area contributed by atoms with Crippen LogP contribution in [0, 0.1) is 0 Å². The van der Waals surface area contributed by atoms with Gasteiger partial charge < -0.3 is 0 Å². The van der Waals surface area contributed by atoms with E-state index in [0.29, 0.717) is 5.15 Å². The molecule has 0 aliphatic carbocycles. The molecule has 0 saturated carbocycles. The van der Waals surface area contributed by atoms with Crippen molar-refractivity contribution in [3.63, 3.8) is 0 Å². The predicted molar refractivity (Wildman–Crippen MR) is 35.5 cm³/mol. The first-order valence-electron chi connectivity index (χ1n) is 2.73. The summed E-state index contributed by atoms with van der Waals surface area (Å²) in [7, 11) is 0. The second-order valence-corrected chi connectivity index (χ2v) is 2.18. The SMILES string of the molecule is Clc1ncnc2[nH+]c[nH]c12. The molecule has 0 amide bonds. The van der Waals surface area contributed by atoms with Crippen LogP contribution in [0.3, 0.4) is 0 Å². The number of hydrogen-bond acceptors (Lipinski definition) is 2. The first-order chi connectivity index (χ1) is 4.88. The highest BCUT2D eigenvalue weighted by atomic mass is 35.5. The van der Waals surface area contributed by atoms with Gasteiger partial charge in [-0.25, -0.2) is 9.97 Å². The maximum absolute atomic E-state index is 5.70. The molecular formula is C5H4ClN4+. The minimum atomic E-state index is 0.436. The number of hydrogen-bond donors (Lipinski definition) is 1. The molecule has 5 heteroatoms. The van der Waals surface area contributed by atoms with Crippen LogP contribution in [0.5, 0.6) is 0 Å². The van der Waals surface area contributed by atoms with E-state index in [-0.39, 0.29) is 0 Å². The third kappa shape index (κ3) is 0.657. The molecular weight excluding hydrogens is 152 g/mol. The minimum absolute atomic E-state index is 0.436. The molecule has 0 aliphatic heterocycles. The maximum atomic E-state index is 5.70. The Bertz CT molecular complexity index is 355. The van der Waals surface area contributed by atoms with Gasteiger partial charge >= 0.3 is 5.65 Å². The third-order valence-corrected chi connectivity index (χ3v) is 1.51. The quantitative estimate of drug-likeness (QED) is 0.561. The normalized spacial score (nSPS) is 10.5. The van der Waals surface area contributed by atoms with E-state index in [2.05, 4.69) is 19.9 Å². The molecule has 2 aromatic heterocycles. The molecule has 2 N–H and O–H groups in total. The summed E-state index contributed by atoms with van der Waals surface area (Å²) in [5.41, 5.74) is 1.46. The Hall–Kier alpha value is -1.16. The molecule has 0 radical (unpaired) electrons. The van der Waals surface area contributed by atoms with Crippen molar-refractivity contribution in [1.29, 1.82) is 0 Å². The number of aromatic nitrogens is 4. The van der Waals surface area contributed by atoms with Gasteiger partial charge in [0.2, 0.25) is 5.52 Å². The van der Waals surface area contributed by atoms with Gasteiger partial charge in [-0.1, -0.05) is 16.6 Å². The Labute approximate surface area is 61.3 Å². The first-order valence-corrected chi connectivity index (χ1v) is 3.11. The molecule has 0 aliphatic rings. The maximum Gasteiger partial charge on any atom is 0.304 e. The van der Waals surface area contributed by atoms with Gasteiger partial charge in [0.25, 0.3) is 0 Å². The zero-order valence-corrected chi connectivity index (χ0v) is 5.68. The van der Waals surface area contributed by atoms with Crippen molar-refractivity contribution in [2.24, 2.45) is 0 Å². The molecule has 10 heavy (non-hydrogen) atoms. The lowest BCUT2D eigenvalue weighted by Gasteiger charge is -1.80. The van der Waals surface area contributed by atoms with Crippen molar-refractivity contribution in [3.05, 3.63) is 17.8 Å². The van der Waals surface area contributed by atoms with Crippen LogP contribution >= 0.6 is 11.6 Å². The van der Waals surface area contributed by atoms with E-state index in [1.807, 2.05) is 0 Å². The van der Waals surface area contributed by atoms with Crippen LogP contribution in [0.1, 0.15) is 0 Å². The van der Waals surface area contributed by atoms with Crippen LogP contribution < -0.4 is 4.98 Å². The number of halogens is 1. The first kappa shape index (κ1) is 5.61. The lowest BCUT2D eigenvalue weighted by molar-refractivity contribution is -0.347. The van der Waals surface area contributed by atoms with Crippen LogP contribution in [-0.4, -0.2) is 15.0 Å². The monoisotopic (exact) mass is 155 g/mol. The molecule has 0 atom stereocenters. The average Bonchev–Trinajstić information content (AvgIpc) is 2.36. The van der Waals surface area contributed by atoms with Crippen molar-refractivity contribution >= 4 is 22.8 Å². The Morgan fingerprint density at radius 1 is 1.50 bits per heavy atom. The Morgan fingerprint density at radius 3 is 3.20 bits per heavy atom. The molecule has 0 aromatic carbocycles. The van der Waals surface area contributed by atoms with Gasteiger partial charge in [-0.05, 0) is 0 Å². The average molecular weight is 156 g/mol. The summed E-state index contributed by atoms with van der Waals surface area (Å²) in [6.45, 7) is 0. The number of fused-ring (bicyclic) bond motifs is 1. The standard InChI is InChI=1S/C5H3ClN4/c6-4-3-5(9-1-7-3)10-2-8-4/h1-2H,(H,7,8,9,10)/p+1. The summed E-state index contributed by atoms with van der Waals surface area (Å²) in [5.74, 6) is 0. The van der Waals surface area contributed by atoms with Gasteiger partial charge in [-0.2, -0.15) is 0 Å². The van der Waals surface area contributed by atoms with Gasteiger partial charge in [0, 0.05) is 0 Å². The van der Waals surface area contributed by atoms with E-state index in [4.69, 9.17) is 11.6 Å². The predicted octanol–water partition coefficient (Wildman–Crippen LogP) is 0.425. The minimum Gasteiger partial charge on any atom is -0.271 e. The lowest BCUT2D eigenvalue weighted by atomic mass is 10.6. The van der Waals surface area contributed by atoms with Crippen molar-refractivity contribution in [1.82, 2.24) is 15.0 Å². The third-order valence-electron chi connectivity index (χ3n) is 1.23. The second kappa shape index (κ2) is 1.91. The van der Waals surface area contributed by atoms with E-state index in [1.54, 1.807) is 6.33 Å². The summed E-state index contributed by atoms with van der Waals surface area (Å²) in [5, 5.41) is 0.436. The van der Waals surface area contributed by atoms with Gasteiger partial charge in [0.1, 0.15) is 0 Å². The number of rotatable bonds is 0. The highest BCUT2D eigenvalue weighted by molar-refractivity contribution is 6.33. The van der Waals surface area contributed by atoms with Crippen molar-refractivity contribution in [3.8, 4) is 0 Å². The Morgan fingerprint density at radius 2 is 2.40 bits per heavy atom. The fourth-order valence-corrected chi connectivity index (χ4v) is 0.966. The summed E-state index contributed by atoms with van der Waals surface area (Å²) in [6, 6.07) is 0. The number of aromatic amines is 2. The molecule has 4 nitrogen and oxygen atoms in total. The largest absolute Gasteiger partial charge is 0.304 e. The highest BCUT2D eigenvalue weighted by Gasteiger charge is 2.07. The molecule has 0 saturated heterocycles. The Balaban J connectivity index is 2.95. The molecule has 50 valence electrons. The zero-order chi connectivity index (χ0) is 6.97. The molecule has 2 heterocycles. The van der Waals surface area contributed by atoms with Gasteiger partial charge in [-0.15, -0.1) is 0 Å². The van der Waals surface area contributed by atoms with Crippen LogP contribution in [0.4, 0.5) is 0 Å². The number of nitrogens with zero attached hydrogens (tertiary/aromatic N) is 2. The van der Waals surface area contributed by atoms with Crippen molar-refractivity contribution < 1.29 is 4.98 Å². The van der Waals surface area contributed by atoms with E-state index >= 15 is 0 Å². The number of nitrogens with one attached hydrogen (secondary N) is 2. The fourth-order valence-electron chi connectivity index (χ4n) is 0.778. The lowest BCUT2D eigenvalue weighted by Crippen LogP contribution is -1.96. The van der Waals surface area contributed by atoms with Crippen molar-refractivity contribution in [2.45, 2.75) is 0 Å². The Kier molecular flexibility index (Phi) is 1.07. The summed E-state index contributed by atoms with van der Waals surface area (Å²) in [6.07, 6.45) is 3.07. The molecule has 0 spiro atoms. The smallest absolute Gasteiger partial charge is 0.271 e. The summed E-state index contributed by atoms with van der Waals surface area (Å²) < 4.78 is 0. The summed E-state index contributed by atoms with van der Waals surface area (Å²) >= 11 is 5.70. The fraction of sp³-hybridized carbons (Fsp3) is 0. The molecule has 0 fully saturated rings. The zero-order valence-electron chi connectivity index (χ0n) is 4.93. The van der Waals surface area contributed by atoms with E-state index in [0.717, 1.165) is 11.2 Å². The van der Waals surface area contributed by atoms with Gasteiger partial charge in [-0.3, -0.25) is 4.98 Å². The van der Waals surface area contributed by atoms with E-state index in [9.17, 15) is 0 Å². The summed E-state index contributed by atoms with van der Waals surface area (Å²) in [4.78, 5) is 13.4. The van der Waals surface area contributed by atoms with Gasteiger partial charge in [0.15, 0.2) is 17.8 Å². The van der Waals surface area contributed by atoms with E-state index < -0.39 is 0 Å². The molecule has 2 aromatic rings. The number of H-pyrrole nitrogens is 2. The van der Waals surface area contributed by atoms with Crippen LogP contribution in [0.2, 0.25) is 5.15 Å². The van der Waals surface area contributed by atoms with Crippen LogP contribution in [0.15, 0.2) is 12.7 Å². The van der Waals surface area contributed by atoms with Gasteiger partial charge in [0.05, 0.1) is 0 Å². The second-order valence-electron chi connectivity index (χ2n) is 1.82. The van der Waals surface area contributed by atoms with Crippen LogP contribution in [-0.2, 0) is 0 Å². The molecule has 0 bridgehead atoms. The topological polar surface area (TPSA) is 55.7 Å². The van der Waals surface area contributed by atoms with Crippen LogP contribution in [0.25, 0.3) is 11.2 Å². The highest BCUT2D eigenvalue weighted by Crippen LogP contribution is 2.11.